The minimum Gasteiger partial charge on any atom is -0.494 e. The van der Waals surface area contributed by atoms with E-state index < -0.39 is 0 Å². The number of hydrogen-bond acceptors (Lipinski definition) is 6. The maximum atomic E-state index is 12.9. The van der Waals surface area contributed by atoms with Crippen molar-refractivity contribution in [3.8, 4) is 22.9 Å². The Balaban J connectivity index is 1.58. The number of benzene rings is 2. The van der Waals surface area contributed by atoms with Gasteiger partial charge in [-0.1, -0.05) is 56.2 Å². The van der Waals surface area contributed by atoms with Crippen LogP contribution in [0.3, 0.4) is 0 Å². The van der Waals surface area contributed by atoms with Crippen molar-refractivity contribution in [2.24, 2.45) is 0 Å². The van der Waals surface area contributed by atoms with E-state index in [1.807, 2.05) is 54.6 Å². The van der Waals surface area contributed by atoms with Gasteiger partial charge >= 0.3 is 0 Å². The van der Waals surface area contributed by atoms with Crippen LogP contribution >= 0.6 is 11.3 Å². The molecule has 166 valence electrons. The van der Waals surface area contributed by atoms with Crippen molar-refractivity contribution in [1.29, 1.82) is 0 Å². The van der Waals surface area contributed by atoms with Crippen LogP contribution in [0, 0.1) is 0 Å². The second-order valence-corrected chi connectivity index (χ2v) is 8.52. The van der Waals surface area contributed by atoms with E-state index in [0.29, 0.717) is 28.5 Å². The Hall–Kier alpha value is -3.19. The van der Waals surface area contributed by atoms with Gasteiger partial charge in [-0.05, 0) is 49.2 Å². The fourth-order valence-corrected chi connectivity index (χ4v) is 4.09. The zero-order valence-corrected chi connectivity index (χ0v) is 19.2. The van der Waals surface area contributed by atoms with E-state index in [4.69, 9.17) is 9.47 Å². The van der Waals surface area contributed by atoms with E-state index in [1.54, 1.807) is 0 Å². The van der Waals surface area contributed by atoms with Gasteiger partial charge in [0.1, 0.15) is 11.5 Å². The molecule has 0 aliphatic rings. The molecule has 0 spiro atoms. The third-order valence-electron chi connectivity index (χ3n) is 5.02. The summed E-state index contributed by atoms with van der Waals surface area (Å²) in [7, 11) is 0. The van der Waals surface area contributed by atoms with Crippen molar-refractivity contribution in [3.05, 3.63) is 69.0 Å². The molecule has 0 aliphatic carbocycles. The number of aromatic nitrogens is 3. The molecule has 4 aromatic rings. The van der Waals surface area contributed by atoms with Gasteiger partial charge < -0.3 is 9.47 Å². The summed E-state index contributed by atoms with van der Waals surface area (Å²) in [6.07, 6.45) is 6.05. The van der Waals surface area contributed by atoms with E-state index >= 15 is 0 Å². The standard InChI is InChI=1S/C25H27N3O3S/c1-3-5-15-30-20-13-11-18(12-14-20)23-26-25-28(27-23)24(29)22(32-25)17-19-9-7-8-10-21(19)31-16-6-4-2/h7-14,17H,3-6,15-16H2,1-2H3/b22-17-. The largest absolute Gasteiger partial charge is 0.494 e. The maximum absolute atomic E-state index is 12.9. The smallest absolute Gasteiger partial charge is 0.291 e. The number of fused-ring (bicyclic) bond motifs is 1. The van der Waals surface area contributed by atoms with Crippen molar-refractivity contribution in [2.45, 2.75) is 39.5 Å². The van der Waals surface area contributed by atoms with Crippen LogP contribution in [-0.2, 0) is 0 Å². The molecule has 0 amide bonds. The van der Waals surface area contributed by atoms with Gasteiger partial charge in [-0.15, -0.1) is 5.10 Å². The Bertz CT molecular complexity index is 1280. The Kier molecular flexibility index (Phi) is 7.17. The fraction of sp³-hybridized carbons (Fsp3) is 0.320. The van der Waals surface area contributed by atoms with Crippen LogP contribution in [0.5, 0.6) is 11.5 Å². The van der Waals surface area contributed by atoms with Gasteiger partial charge in [0.05, 0.1) is 17.7 Å². The molecule has 0 saturated heterocycles. The van der Waals surface area contributed by atoms with E-state index in [-0.39, 0.29) is 5.56 Å². The number of thiazole rings is 1. The van der Waals surface area contributed by atoms with Gasteiger partial charge in [-0.3, -0.25) is 4.79 Å². The molecule has 2 aromatic carbocycles. The zero-order chi connectivity index (χ0) is 22.3. The molecule has 4 rings (SSSR count). The molecule has 2 heterocycles. The topological polar surface area (TPSA) is 65.7 Å². The predicted octanol–water partition coefficient (Wildman–Crippen LogP) is 4.72. The Morgan fingerprint density at radius 1 is 0.969 bits per heavy atom. The van der Waals surface area contributed by atoms with E-state index in [9.17, 15) is 4.79 Å². The van der Waals surface area contributed by atoms with Crippen molar-refractivity contribution in [3.63, 3.8) is 0 Å². The predicted molar refractivity (Wildman–Crippen MR) is 129 cm³/mol. The van der Waals surface area contributed by atoms with Crippen molar-refractivity contribution in [2.75, 3.05) is 13.2 Å². The number of ether oxygens (including phenoxy) is 2. The van der Waals surface area contributed by atoms with Gasteiger partial charge in [0, 0.05) is 11.1 Å². The van der Waals surface area contributed by atoms with Crippen LogP contribution in [0.2, 0.25) is 0 Å². The first kappa shape index (κ1) is 22.0. The molecule has 0 N–H and O–H groups in total. The summed E-state index contributed by atoms with van der Waals surface area (Å²) in [4.78, 5) is 18.1. The summed E-state index contributed by atoms with van der Waals surface area (Å²) in [6.45, 7) is 5.63. The number of unbranched alkanes of at least 4 members (excludes halogenated alkanes) is 2. The van der Waals surface area contributed by atoms with E-state index in [1.165, 1.54) is 15.9 Å². The average Bonchev–Trinajstić information content (AvgIpc) is 3.35. The summed E-state index contributed by atoms with van der Waals surface area (Å²) in [5.41, 5.74) is 1.55. The second kappa shape index (κ2) is 10.4. The Labute approximate surface area is 191 Å². The maximum Gasteiger partial charge on any atom is 0.291 e. The van der Waals surface area contributed by atoms with Gasteiger partial charge in [0.15, 0.2) is 5.82 Å². The summed E-state index contributed by atoms with van der Waals surface area (Å²) in [5.74, 6) is 2.13. The molecule has 0 saturated carbocycles. The molecule has 0 radical (unpaired) electrons. The summed E-state index contributed by atoms with van der Waals surface area (Å²) in [5, 5.41) is 4.44. The molecule has 0 unspecified atom stereocenters. The van der Waals surface area contributed by atoms with Gasteiger partial charge in [0.25, 0.3) is 5.56 Å². The molecule has 0 aliphatic heterocycles. The summed E-state index contributed by atoms with van der Waals surface area (Å²) in [6, 6.07) is 15.4. The molecular weight excluding hydrogens is 422 g/mol. The third-order valence-corrected chi connectivity index (χ3v) is 5.98. The fourth-order valence-electron chi connectivity index (χ4n) is 3.19. The van der Waals surface area contributed by atoms with Crippen molar-refractivity contribution in [1.82, 2.24) is 14.6 Å². The molecule has 0 fully saturated rings. The highest BCUT2D eigenvalue weighted by Crippen LogP contribution is 2.22. The molecule has 32 heavy (non-hydrogen) atoms. The Morgan fingerprint density at radius 3 is 2.41 bits per heavy atom. The number of para-hydroxylation sites is 1. The molecule has 0 bridgehead atoms. The quantitative estimate of drug-likeness (QED) is 0.328. The van der Waals surface area contributed by atoms with E-state index in [2.05, 4.69) is 23.9 Å². The molecular formula is C25H27N3O3S. The third kappa shape index (κ3) is 4.99. The van der Waals surface area contributed by atoms with Crippen LogP contribution in [0.15, 0.2) is 53.3 Å². The first-order chi connectivity index (χ1) is 15.7. The van der Waals surface area contributed by atoms with Crippen molar-refractivity contribution < 1.29 is 9.47 Å². The lowest BCUT2D eigenvalue weighted by Crippen LogP contribution is -2.23. The SMILES string of the molecule is CCCCOc1ccc(-c2nc3s/c(=C\c4ccccc4OCCCC)c(=O)n3n2)cc1. The van der Waals surface area contributed by atoms with Crippen molar-refractivity contribution >= 4 is 22.4 Å². The minimum atomic E-state index is -0.174. The van der Waals surface area contributed by atoms with Crippen LogP contribution in [0.4, 0.5) is 0 Å². The number of rotatable bonds is 10. The number of nitrogens with zero attached hydrogens (tertiary/aromatic N) is 3. The highest BCUT2D eigenvalue weighted by Gasteiger charge is 2.12. The molecule has 7 heteroatoms. The van der Waals surface area contributed by atoms with Crippen LogP contribution < -0.4 is 19.6 Å². The van der Waals surface area contributed by atoms with Crippen LogP contribution in [-0.4, -0.2) is 27.8 Å². The number of hydrogen-bond donors (Lipinski definition) is 0. The zero-order valence-electron chi connectivity index (χ0n) is 18.4. The summed E-state index contributed by atoms with van der Waals surface area (Å²) >= 11 is 1.33. The molecule has 6 nitrogen and oxygen atoms in total. The lowest BCUT2D eigenvalue weighted by molar-refractivity contribution is 0.308. The van der Waals surface area contributed by atoms with Gasteiger partial charge in [-0.2, -0.15) is 9.50 Å². The summed E-state index contributed by atoms with van der Waals surface area (Å²) < 4.78 is 13.5. The second-order valence-electron chi connectivity index (χ2n) is 7.51. The Morgan fingerprint density at radius 2 is 1.69 bits per heavy atom. The molecule has 0 atom stereocenters. The first-order valence-electron chi connectivity index (χ1n) is 11.1. The van der Waals surface area contributed by atoms with Gasteiger partial charge in [0.2, 0.25) is 4.96 Å². The first-order valence-corrected chi connectivity index (χ1v) is 11.9. The highest BCUT2D eigenvalue weighted by molar-refractivity contribution is 7.15. The normalized spacial score (nSPS) is 11.9. The van der Waals surface area contributed by atoms with E-state index in [0.717, 1.165) is 48.3 Å². The van der Waals surface area contributed by atoms with Gasteiger partial charge in [-0.25, -0.2) is 0 Å². The van der Waals surface area contributed by atoms with Crippen LogP contribution in [0.1, 0.15) is 45.1 Å². The monoisotopic (exact) mass is 449 g/mol. The minimum absolute atomic E-state index is 0.174. The molecule has 2 aromatic heterocycles. The highest BCUT2D eigenvalue weighted by atomic mass is 32.1. The lowest BCUT2D eigenvalue weighted by atomic mass is 10.2. The average molecular weight is 450 g/mol. The lowest BCUT2D eigenvalue weighted by Gasteiger charge is -2.07. The van der Waals surface area contributed by atoms with Crippen LogP contribution in [0.25, 0.3) is 22.4 Å².